The lowest BCUT2D eigenvalue weighted by atomic mass is 9.81. The monoisotopic (exact) mass is 492 g/mol. The number of halogens is 1. The summed E-state index contributed by atoms with van der Waals surface area (Å²) in [5.41, 5.74) is 14.4. The van der Waals surface area contributed by atoms with E-state index in [2.05, 4.69) is 41.0 Å². The van der Waals surface area contributed by atoms with Gasteiger partial charge in [-0.2, -0.15) is 12.6 Å². The zero-order valence-corrected chi connectivity index (χ0v) is 22.4. The highest BCUT2D eigenvalue weighted by atomic mass is 32.1. The average Bonchev–Trinajstić information content (AvgIpc) is 3.11. The third-order valence-corrected chi connectivity index (χ3v) is 6.11. The van der Waals surface area contributed by atoms with Crippen LogP contribution < -0.4 is 11.0 Å². The maximum atomic E-state index is 13.2. The smallest absolute Gasteiger partial charge is 0.210 e. The minimum absolute atomic E-state index is 0.0668. The summed E-state index contributed by atoms with van der Waals surface area (Å²) in [6.45, 7) is 9.84. The summed E-state index contributed by atoms with van der Waals surface area (Å²) in [5.74, 6) is -0.146. The number of aromatic amines is 1. The molecule has 0 fully saturated rings. The lowest BCUT2D eigenvalue weighted by Gasteiger charge is -2.15. The molecule has 0 aliphatic rings. The summed E-state index contributed by atoms with van der Waals surface area (Å²) >= 11 is 3.53. The number of nitrogens with two attached hydrogens (primary N) is 1. The molecule has 4 N–H and O–H groups in total. The lowest BCUT2D eigenvalue weighted by molar-refractivity contribution is -0.113. The highest BCUT2D eigenvalue weighted by molar-refractivity contribution is 7.79. The van der Waals surface area contributed by atoms with Crippen LogP contribution in [-0.2, 0) is 11.1 Å². The Balaban J connectivity index is 0.00000210. The van der Waals surface area contributed by atoms with Crippen LogP contribution in [0, 0.1) is 26.6 Å². The van der Waals surface area contributed by atoms with Crippen molar-refractivity contribution in [3.05, 3.63) is 87.5 Å². The van der Waals surface area contributed by atoms with Crippen molar-refractivity contribution in [3.8, 4) is 0 Å². The number of nitrogens with one attached hydrogen (secondary N) is 2. The predicted octanol–water partition coefficient (Wildman–Crippen LogP) is 6.20. The third kappa shape index (κ3) is 7.36. The van der Waals surface area contributed by atoms with E-state index in [4.69, 9.17) is 5.73 Å². The lowest BCUT2D eigenvalue weighted by Crippen LogP contribution is -2.25. The minimum atomic E-state index is -0.236. The van der Waals surface area contributed by atoms with Gasteiger partial charge in [0.2, 0.25) is 7.41 Å². The molecular formula is C28H36BFN3OS. The molecule has 4 nitrogen and oxygen atoms in total. The van der Waals surface area contributed by atoms with E-state index in [1.807, 2.05) is 48.1 Å². The Labute approximate surface area is 215 Å². The Morgan fingerprint density at radius 3 is 2.40 bits per heavy atom. The molecule has 7 heteroatoms. The second kappa shape index (κ2) is 13.4. The summed E-state index contributed by atoms with van der Waals surface area (Å²) in [7, 11) is 2.01. The van der Waals surface area contributed by atoms with Gasteiger partial charge in [-0.05, 0) is 80.7 Å². The molecule has 1 unspecified atom stereocenters. The molecule has 0 saturated carbocycles. The summed E-state index contributed by atoms with van der Waals surface area (Å²) in [6.07, 6.45) is 4.74. The molecule has 0 saturated heterocycles. The van der Waals surface area contributed by atoms with Gasteiger partial charge in [0.05, 0.1) is 5.69 Å². The summed E-state index contributed by atoms with van der Waals surface area (Å²) in [4.78, 5) is 16.2. The van der Waals surface area contributed by atoms with Gasteiger partial charge in [-0.3, -0.25) is 4.79 Å². The van der Waals surface area contributed by atoms with Crippen molar-refractivity contribution in [2.45, 2.75) is 53.4 Å². The molecule has 1 radical (unpaired) electrons. The number of carbonyl (C=O) groups is 1. The Bertz CT molecular complexity index is 1170. The van der Waals surface area contributed by atoms with E-state index in [-0.39, 0.29) is 17.6 Å². The van der Waals surface area contributed by atoms with Crippen LogP contribution in [0.15, 0.2) is 42.5 Å². The molecule has 35 heavy (non-hydrogen) atoms. The van der Waals surface area contributed by atoms with Gasteiger partial charge in [0, 0.05) is 29.4 Å². The molecule has 0 bridgehead atoms. The van der Waals surface area contributed by atoms with Gasteiger partial charge in [0.25, 0.3) is 0 Å². The molecule has 0 amide bonds. The van der Waals surface area contributed by atoms with E-state index in [0.717, 1.165) is 44.9 Å². The van der Waals surface area contributed by atoms with Crippen molar-refractivity contribution in [2.75, 3.05) is 12.0 Å². The third-order valence-electron chi connectivity index (χ3n) is 6.11. The summed E-state index contributed by atoms with van der Waals surface area (Å²) in [6, 6.07) is 12.8. The number of thiol groups is 1. The van der Waals surface area contributed by atoms with Crippen molar-refractivity contribution in [2.24, 2.45) is 0 Å². The first-order valence-corrected chi connectivity index (χ1v) is 12.7. The number of benzene rings is 2. The molecule has 1 heterocycles. The van der Waals surface area contributed by atoms with Crippen LogP contribution in [0.2, 0.25) is 0 Å². The molecule has 2 aromatic carbocycles. The van der Waals surface area contributed by atoms with Crippen LogP contribution in [0.1, 0.15) is 65.5 Å². The second-order valence-corrected chi connectivity index (χ2v) is 8.53. The molecule has 3 aromatic rings. The van der Waals surface area contributed by atoms with Crippen LogP contribution in [0.3, 0.4) is 0 Å². The first-order chi connectivity index (χ1) is 16.7. The predicted molar refractivity (Wildman–Crippen MR) is 151 cm³/mol. The van der Waals surface area contributed by atoms with E-state index in [1.165, 1.54) is 12.1 Å². The molecular weight excluding hydrogens is 456 g/mol. The number of nitrogen functional groups attached to an aromatic ring is 1. The SMILES string of the molecule is CCC(=O)/C(=C\c1[nH]c(C)c(N)c1C)c1cc(C[B]NC(C)c2ccc(F)cc2)ccc1C.CS. The first kappa shape index (κ1) is 28.5. The molecule has 185 valence electrons. The first-order valence-electron chi connectivity index (χ1n) is 11.8. The van der Waals surface area contributed by atoms with Gasteiger partial charge in [-0.15, -0.1) is 0 Å². The van der Waals surface area contributed by atoms with Gasteiger partial charge in [-0.25, -0.2) is 4.39 Å². The Kier molecular flexibility index (Phi) is 10.9. The number of Topliss-reactive ketones (excluding diaryl/α,β-unsaturated/α-hetero) is 1. The van der Waals surface area contributed by atoms with E-state index in [9.17, 15) is 9.18 Å². The van der Waals surface area contributed by atoms with Crippen LogP contribution in [-0.4, -0.2) is 24.4 Å². The molecule has 1 atom stereocenters. The Morgan fingerprint density at radius 2 is 1.83 bits per heavy atom. The molecule has 0 aliphatic heterocycles. The number of rotatable bonds is 9. The maximum Gasteiger partial charge on any atom is 0.210 e. The number of allylic oxidation sites excluding steroid dienone is 1. The largest absolute Gasteiger partial charge is 0.397 e. The van der Waals surface area contributed by atoms with Crippen molar-refractivity contribution < 1.29 is 9.18 Å². The number of H-pyrrole nitrogens is 1. The number of hydrogen-bond acceptors (Lipinski definition) is 4. The fourth-order valence-corrected chi connectivity index (χ4v) is 3.86. The summed E-state index contributed by atoms with van der Waals surface area (Å²) in [5, 5.41) is 3.37. The van der Waals surface area contributed by atoms with Crippen LogP contribution in [0.4, 0.5) is 10.1 Å². The van der Waals surface area contributed by atoms with Crippen molar-refractivity contribution in [3.63, 3.8) is 0 Å². The zero-order chi connectivity index (χ0) is 26.1. The van der Waals surface area contributed by atoms with Gasteiger partial charge in [-0.1, -0.05) is 42.8 Å². The highest BCUT2D eigenvalue weighted by Crippen LogP contribution is 2.28. The van der Waals surface area contributed by atoms with Gasteiger partial charge < -0.3 is 15.9 Å². The number of aryl methyl sites for hydroxylation is 2. The number of aromatic nitrogens is 1. The van der Waals surface area contributed by atoms with Crippen LogP contribution in [0.25, 0.3) is 11.6 Å². The van der Waals surface area contributed by atoms with Crippen LogP contribution in [0.5, 0.6) is 0 Å². The second-order valence-electron chi connectivity index (χ2n) is 8.53. The van der Waals surface area contributed by atoms with E-state index < -0.39 is 0 Å². The summed E-state index contributed by atoms with van der Waals surface area (Å²) < 4.78 is 13.2. The van der Waals surface area contributed by atoms with E-state index in [1.54, 1.807) is 18.4 Å². The molecule has 3 rings (SSSR count). The standard InChI is InChI=1S/C27H32BFN3O.CH4S/c1-6-26(33)24(14-25-17(3)27(30)19(5)31-25)23-13-20(8-7-16(23)2)15-28-32-18(4)21-9-11-22(29)12-10-21;1-2/h7-14,18,31-32H,6,15,30H2,1-5H3;2H,1H3/b24-14-;. The fourth-order valence-electron chi connectivity index (χ4n) is 3.86. The number of ketones is 1. The zero-order valence-electron chi connectivity index (χ0n) is 21.5. The van der Waals surface area contributed by atoms with Crippen LogP contribution >= 0.6 is 12.6 Å². The minimum Gasteiger partial charge on any atom is -0.397 e. The van der Waals surface area contributed by atoms with Gasteiger partial charge >= 0.3 is 0 Å². The fraction of sp³-hybridized carbons (Fsp3) is 0.321. The molecule has 1 aromatic heterocycles. The van der Waals surface area contributed by atoms with Crippen molar-refractivity contribution >= 4 is 43.2 Å². The number of anilines is 1. The number of carbonyl (C=O) groups excluding carboxylic acids is 1. The molecule has 0 aliphatic carbocycles. The van der Waals surface area contributed by atoms with Crippen molar-refractivity contribution in [1.29, 1.82) is 0 Å². The van der Waals surface area contributed by atoms with E-state index >= 15 is 0 Å². The Hall–Kier alpha value is -2.77. The highest BCUT2D eigenvalue weighted by Gasteiger charge is 2.16. The van der Waals surface area contributed by atoms with E-state index in [0.29, 0.717) is 18.3 Å². The maximum absolute atomic E-state index is 13.2. The molecule has 0 spiro atoms. The number of hydrogen-bond donors (Lipinski definition) is 4. The Morgan fingerprint density at radius 1 is 1.17 bits per heavy atom. The average molecular weight is 492 g/mol. The van der Waals surface area contributed by atoms with Gasteiger partial charge in [0.15, 0.2) is 5.78 Å². The quantitative estimate of drug-likeness (QED) is 0.163. The van der Waals surface area contributed by atoms with Gasteiger partial charge in [0.1, 0.15) is 5.82 Å². The normalized spacial score (nSPS) is 12.1. The topological polar surface area (TPSA) is 70.9 Å². The van der Waals surface area contributed by atoms with Crippen molar-refractivity contribution in [1.82, 2.24) is 10.2 Å².